The van der Waals surface area contributed by atoms with Gasteiger partial charge in [0, 0.05) is 41.3 Å². The highest BCUT2D eigenvalue weighted by Gasteiger charge is 2.19. The number of ether oxygens (including phenoxy) is 1. The quantitative estimate of drug-likeness (QED) is 0.459. The molecule has 1 heterocycles. The number of allylic oxidation sites excluding steroid dienone is 1. The maximum absolute atomic E-state index is 12.3. The molecule has 4 rings (SSSR count). The van der Waals surface area contributed by atoms with Crippen LogP contribution in [-0.4, -0.2) is 23.8 Å². The molecule has 1 N–H and O–H groups in total. The molecule has 1 amide bonds. The number of rotatable bonds is 7. The van der Waals surface area contributed by atoms with Gasteiger partial charge in [0.1, 0.15) is 5.75 Å². The third kappa shape index (κ3) is 4.30. The van der Waals surface area contributed by atoms with Crippen molar-refractivity contribution in [1.29, 1.82) is 0 Å². The van der Waals surface area contributed by atoms with Crippen LogP contribution in [0.5, 0.6) is 5.75 Å². The van der Waals surface area contributed by atoms with E-state index in [1.54, 1.807) is 19.4 Å². The summed E-state index contributed by atoms with van der Waals surface area (Å²) in [5.41, 5.74) is 7.69. The Hall–Kier alpha value is -3.34. The molecular formula is C25H27N3O2. The van der Waals surface area contributed by atoms with Crippen LogP contribution in [0.4, 0.5) is 0 Å². The number of hydrazone groups is 1. The fourth-order valence-corrected chi connectivity index (χ4v) is 4.21. The Labute approximate surface area is 177 Å². The number of para-hydroxylation sites is 2. The second-order valence-corrected chi connectivity index (χ2v) is 7.47. The van der Waals surface area contributed by atoms with Crippen molar-refractivity contribution in [3.8, 4) is 5.75 Å². The molecule has 0 aliphatic heterocycles. The Bertz CT molecular complexity index is 1090. The molecule has 0 atom stereocenters. The number of nitrogens with zero attached hydrogens (tertiary/aromatic N) is 2. The third-order valence-corrected chi connectivity index (χ3v) is 5.61. The molecule has 0 fully saturated rings. The van der Waals surface area contributed by atoms with Gasteiger partial charge in [0.15, 0.2) is 0 Å². The fourth-order valence-electron chi connectivity index (χ4n) is 4.21. The van der Waals surface area contributed by atoms with Gasteiger partial charge in [0.05, 0.1) is 7.11 Å². The summed E-state index contributed by atoms with van der Waals surface area (Å²) in [4.78, 5) is 12.3. The van der Waals surface area contributed by atoms with Gasteiger partial charge >= 0.3 is 0 Å². The topological polar surface area (TPSA) is 55.6 Å². The average Bonchev–Trinajstić information content (AvgIpc) is 3.11. The van der Waals surface area contributed by atoms with Crippen LogP contribution in [0.1, 0.15) is 36.1 Å². The van der Waals surface area contributed by atoms with Crippen LogP contribution < -0.4 is 10.2 Å². The summed E-state index contributed by atoms with van der Waals surface area (Å²) in [6, 6.07) is 16.3. The Morgan fingerprint density at radius 1 is 1.13 bits per heavy atom. The highest BCUT2D eigenvalue weighted by atomic mass is 16.5. The smallest absolute Gasteiger partial charge is 0.241 e. The molecule has 2 aromatic carbocycles. The van der Waals surface area contributed by atoms with E-state index in [-0.39, 0.29) is 5.91 Å². The van der Waals surface area contributed by atoms with Crippen molar-refractivity contribution >= 4 is 29.1 Å². The van der Waals surface area contributed by atoms with Crippen molar-refractivity contribution in [3.05, 3.63) is 71.4 Å². The van der Waals surface area contributed by atoms with Crippen LogP contribution in [0.3, 0.4) is 0 Å². The molecule has 1 aromatic heterocycles. The van der Waals surface area contributed by atoms with Crippen molar-refractivity contribution in [3.63, 3.8) is 0 Å². The lowest BCUT2D eigenvalue weighted by molar-refractivity contribution is -0.121. The minimum Gasteiger partial charge on any atom is -0.496 e. The number of aryl methyl sites for hydroxylation is 2. The van der Waals surface area contributed by atoms with Gasteiger partial charge in [0.25, 0.3) is 0 Å². The predicted molar refractivity (Wildman–Crippen MR) is 122 cm³/mol. The molecule has 154 valence electrons. The number of hydrogen-bond donors (Lipinski definition) is 1. The van der Waals surface area contributed by atoms with Crippen molar-refractivity contribution in [2.24, 2.45) is 5.10 Å². The summed E-state index contributed by atoms with van der Waals surface area (Å²) in [6.45, 7) is 0.675. The van der Waals surface area contributed by atoms with E-state index in [0.29, 0.717) is 13.0 Å². The van der Waals surface area contributed by atoms with Gasteiger partial charge in [-0.25, -0.2) is 5.43 Å². The fraction of sp³-hybridized carbons (Fsp3) is 0.280. The predicted octanol–water partition coefficient (Wildman–Crippen LogP) is 4.73. The molecule has 5 nitrogen and oxygen atoms in total. The summed E-state index contributed by atoms with van der Waals surface area (Å²) in [5.74, 6) is 0.716. The van der Waals surface area contributed by atoms with Gasteiger partial charge in [-0.05, 0) is 55.5 Å². The van der Waals surface area contributed by atoms with E-state index < -0.39 is 0 Å². The molecule has 0 spiro atoms. The van der Waals surface area contributed by atoms with E-state index in [2.05, 4.69) is 39.4 Å². The monoisotopic (exact) mass is 401 g/mol. The molecule has 1 aliphatic rings. The van der Waals surface area contributed by atoms with Gasteiger partial charge < -0.3 is 9.30 Å². The highest BCUT2D eigenvalue weighted by Crippen LogP contribution is 2.32. The van der Waals surface area contributed by atoms with Crippen LogP contribution in [-0.2, 0) is 24.2 Å². The first-order valence-electron chi connectivity index (χ1n) is 10.5. The molecule has 1 aliphatic carbocycles. The van der Waals surface area contributed by atoms with Crippen molar-refractivity contribution in [1.82, 2.24) is 9.99 Å². The van der Waals surface area contributed by atoms with Crippen LogP contribution in [0.15, 0.2) is 59.7 Å². The Morgan fingerprint density at radius 3 is 2.83 bits per heavy atom. The lowest BCUT2D eigenvalue weighted by Gasteiger charge is -2.15. The van der Waals surface area contributed by atoms with E-state index in [0.717, 1.165) is 24.2 Å². The molecule has 30 heavy (non-hydrogen) atoms. The van der Waals surface area contributed by atoms with E-state index in [1.807, 2.05) is 30.3 Å². The minimum atomic E-state index is -0.0840. The molecule has 0 unspecified atom stereocenters. The molecular weight excluding hydrogens is 374 g/mol. The van der Waals surface area contributed by atoms with E-state index in [1.165, 1.54) is 35.0 Å². The molecule has 0 radical (unpaired) electrons. The molecule has 0 bridgehead atoms. The first-order chi connectivity index (χ1) is 14.8. The Kier molecular flexibility index (Phi) is 6.28. The Balaban J connectivity index is 1.36. The number of nitrogens with one attached hydrogen (secondary N) is 1. The molecule has 5 heteroatoms. The van der Waals surface area contributed by atoms with Crippen LogP contribution in [0, 0.1) is 0 Å². The first-order valence-corrected chi connectivity index (χ1v) is 10.5. The zero-order valence-electron chi connectivity index (χ0n) is 17.3. The Morgan fingerprint density at radius 2 is 1.93 bits per heavy atom. The van der Waals surface area contributed by atoms with Crippen molar-refractivity contribution < 1.29 is 9.53 Å². The molecule has 0 saturated carbocycles. The molecule has 3 aromatic rings. The second kappa shape index (κ2) is 9.44. The summed E-state index contributed by atoms with van der Waals surface area (Å²) in [6.07, 6.45) is 10.4. The lowest BCUT2D eigenvalue weighted by atomic mass is 9.95. The number of methoxy groups -OCH3 is 1. The van der Waals surface area contributed by atoms with E-state index >= 15 is 0 Å². The zero-order valence-corrected chi connectivity index (χ0v) is 17.3. The van der Waals surface area contributed by atoms with Crippen molar-refractivity contribution in [2.75, 3.05) is 7.11 Å². The minimum absolute atomic E-state index is 0.0840. The highest BCUT2D eigenvalue weighted by molar-refractivity contribution is 5.86. The third-order valence-electron chi connectivity index (χ3n) is 5.61. The summed E-state index contributed by atoms with van der Waals surface area (Å²) in [7, 11) is 1.64. The van der Waals surface area contributed by atoms with Crippen molar-refractivity contribution in [2.45, 2.75) is 38.6 Å². The second-order valence-electron chi connectivity index (χ2n) is 7.47. The van der Waals surface area contributed by atoms with Gasteiger partial charge in [-0.2, -0.15) is 5.10 Å². The lowest BCUT2D eigenvalue weighted by Crippen LogP contribution is -2.20. The summed E-state index contributed by atoms with van der Waals surface area (Å²) < 4.78 is 7.64. The summed E-state index contributed by atoms with van der Waals surface area (Å²) in [5, 5.41) is 5.37. The van der Waals surface area contributed by atoms with Crippen LogP contribution in [0.25, 0.3) is 17.0 Å². The van der Waals surface area contributed by atoms with Gasteiger partial charge in [-0.3, -0.25) is 4.79 Å². The maximum atomic E-state index is 12.3. The van der Waals surface area contributed by atoms with Gasteiger partial charge in [-0.15, -0.1) is 0 Å². The van der Waals surface area contributed by atoms with Gasteiger partial charge in [-0.1, -0.05) is 36.4 Å². The normalized spacial score (nSPS) is 13.8. The first kappa shape index (κ1) is 20.0. The SMILES string of the molecule is COc1ccccc1C=CC=NNC(=O)CCn1c2c(c3ccccc31)CCCC2. The van der Waals surface area contributed by atoms with Gasteiger partial charge in [0.2, 0.25) is 5.91 Å². The number of carbonyl (C=O) groups excluding carboxylic acids is 1. The average molecular weight is 402 g/mol. The number of fused-ring (bicyclic) bond motifs is 3. The number of amides is 1. The number of aromatic nitrogens is 1. The van der Waals surface area contributed by atoms with E-state index in [9.17, 15) is 4.79 Å². The summed E-state index contributed by atoms with van der Waals surface area (Å²) >= 11 is 0. The number of benzene rings is 2. The maximum Gasteiger partial charge on any atom is 0.241 e. The zero-order chi connectivity index (χ0) is 20.8. The van der Waals surface area contributed by atoms with Crippen LogP contribution in [0.2, 0.25) is 0 Å². The van der Waals surface area contributed by atoms with Crippen LogP contribution >= 0.6 is 0 Å². The number of hydrogen-bond acceptors (Lipinski definition) is 3. The van der Waals surface area contributed by atoms with E-state index in [4.69, 9.17) is 4.74 Å². The molecule has 0 saturated heterocycles. The standard InChI is InChI=1S/C25H27N3O2/c1-30-24-15-7-2-9-19(24)10-8-17-26-27-25(29)16-18-28-22-13-5-3-11-20(22)21-12-4-6-14-23(21)28/h2-3,5,7-11,13,15,17H,4,6,12,14,16,18H2,1H3,(H,27,29). The largest absolute Gasteiger partial charge is 0.496 e. The number of carbonyl (C=O) groups is 1.